The normalized spacial score (nSPS) is 35.6. The summed E-state index contributed by atoms with van der Waals surface area (Å²) in [4.78, 5) is 12.5. The molecule has 2 heterocycles. The first kappa shape index (κ1) is 18.0. The van der Waals surface area contributed by atoms with E-state index < -0.39 is 11.7 Å². The molecular formula is C20H30O3. The molecule has 128 valence electrons. The van der Waals surface area contributed by atoms with E-state index in [1.807, 2.05) is 13.0 Å². The van der Waals surface area contributed by atoms with Crippen molar-refractivity contribution in [2.75, 3.05) is 0 Å². The average Bonchev–Trinajstić information content (AvgIpc) is 2.62. The van der Waals surface area contributed by atoms with Crippen LogP contribution >= 0.6 is 0 Å². The van der Waals surface area contributed by atoms with Crippen molar-refractivity contribution in [1.82, 2.24) is 0 Å². The number of esters is 1. The molecule has 3 heteroatoms. The van der Waals surface area contributed by atoms with Gasteiger partial charge in [0, 0.05) is 5.57 Å². The first-order valence-electron chi connectivity index (χ1n) is 8.73. The van der Waals surface area contributed by atoms with Gasteiger partial charge in [0.1, 0.15) is 5.60 Å². The van der Waals surface area contributed by atoms with Crippen molar-refractivity contribution in [2.45, 2.75) is 77.4 Å². The maximum atomic E-state index is 12.5. The zero-order chi connectivity index (χ0) is 17.0. The number of fused-ring (bicyclic) bond motifs is 3. The number of allylic oxidation sites excluding steroid dienone is 4. The van der Waals surface area contributed by atoms with Gasteiger partial charge in [0.25, 0.3) is 0 Å². The van der Waals surface area contributed by atoms with Gasteiger partial charge in [0.05, 0.1) is 6.10 Å². The lowest BCUT2D eigenvalue weighted by Crippen LogP contribution is -2.43. The minimum absolute atomic E-state index is 0.256. The van der Waals surface area contributed by atoms with Crippen LogP contribution < -0.4 is 0 Å². The molecule has 0 aliphatic carbocycles. The topological polar surface area (TPSA) is 46.5 Å². The van der Waals surface area contributed by atoms with Crippen molar-refractivity contribution >= 4 is 5.97 Å². The smallest absolute Gasteiger partial charge is 0.334 e. The molecule has 0 amide bonds. The molecule has 23 heavy (non-hydrogen) atoms. The second-order valence-electron chi connectivity index (χ2n) is 7.39. The summed E-state index contributed by atoms with van der Waals surface area (Å²) in [6.45, 7) is 10.1. The summed E-state index contributed by atoms with van der Waals surface area (Å²) >= 11 is 0. The van der Waals surface area contributed by atoms with Gasteiger partial charge in [-0.3, -0.25) is 0 Å². The lowest BCUT2D eigenvalue weighted by atomic mass is 9.87. The van der Waals surface area contributed by atoms with Crippen molar-refractivity contribution in [3.8, 4) is 0 Å². The summed E-state index contributed by atoms with van der Waals surface area (Å²) in [6, 6.07) is 0. The van der Waals surface area contributed by atoms with E-state index in [-0.39, 0.29) is 5.97 Å². The highest BCUT2D eigenvalue weighted by atomic mass is 16.6. The van der Waals surface area contributed by atoms with E-state index in [9.17, 15) is 9.90 Å². The highest BCUT2D eigenvalue weighted by Gasteiger charge is 2.38. The fraction of sp³-hybridized carbons (Fsp3) is 0.650. The number of aliphatic hydroxyl groups excluding tert-OH is 1. The first-order valence-corrected chi connectivity index (χ1v) is 8.73. The zero-order valence-electron chi connectivity index (χ0n) is 14.7. The maximum absolute atomic E-state index is 12.5. The van der Waals surface area contributed by atoms with Gasteiger partial charge in [-0.05, 0) is 71.6 Å². The maximum Gasteiger partial charge on any atom is 0.334 e. The monoisotopic (exact) mass is 318 g/mol. The molecule has 2 bridgehead atoms. The molecule has 2 aliphatic rings. The highest BCUT2D eigenvalue weighted by molar-refractivity contribution is 5.89. The van der Waals surface area contributed by atoms with Gasteiger partial charge < -0.3 is 9.84 Å². The summed E-state index contributed by atoms with van der Waals surface area (Å²) in [7, 11) is 0. The van der Waals surface area contributed by atoms with E-state index >= 15 is 0 Å². The van der Waals surface area contributed by atoms with Gasteiger partial charge in [-0.2, -0.15) is 0 Å². The Kier molecular flexibility index (Phi) is 5.85. The molecular weight excluding hydrogens is 288 g/mol. The molecule has 3 atom stereocenters. The van der Waals surface area contributed by atoms with Crippen LogP contribution in [0.15, 0.2) is 35.5 Å². The third kappa shape index (κ3) is 4.57. The lowest BCUT2D eigenvalue weighted by Gasteiger charge is -2.33. The number of hydrogen-bond donors (Lipinski definition) is 1. The Morgan fingerprint density at radius 1 is 1.35 bits per heavy atom. The van der Waals surface area contributed by atoms with Gasteiger partial charge in [0.15, 0.2) is 0 Å². The predicted octanol–water partition coefficient (Wildman–Crippen LogP) is 4.47. The number of aliphatic hydroxyl groups is 1. The third-order valence-electron chi connectivity index (χ3n) is 5.35. The van der Waals surface area contributed by atoms with Crippen molar-refractivity contribution in [1.29, 1.82) is 0 Å². The molecule has 3 nitrogen and oxygen atoms in total. The summed E-state index contributed by atoms with van der Waals surface area (Å²) in [6.07, 6.45) is 9.14. The first-order chi connectivity index (χ1) is 10.8. The molecule has 0 radical (unpaired) electrons. The molecule has 1 N–H and O–H groups in total. The molecule has 0 saturated carbocycles. The van der Waals surface area contributed by atoms with Gasteiger partial charge in [-0.25, -0.2) is 4.79 Å². The van der Waals surface area contributed by atoms with Crippen LogP contribution in [-0.2, 0) is 9.53 Å². The summed E-state index contributed by atoms with van der Waals surface area (Å²) < 4.78 is 5.72. The number of carbonyl (C=O) groups excluding carboxylic acids is 1. The van der Waals surface area contributed by atoms with E-state index in [1.54, 1.807) is 0 Å². The molecule has 0 fully saturated rings. The largest absolute Gasteiger partial charge is 0.453 e. The summed E-state index contributed by atoms with van der Waals surface area (Å²) in [5, 5.41) is 10.6. The number of ether oxygens (including phenoxy) is 1. The minimum Gasteiger partial charge on any atom is -0.453 e. The SMILES string of the molecule is C=C(C)C1C/C=C(/C)CC[C@H](O)[C@]2(C)CCC=C(CC1)C(=O)O2. The van der Waals surface area contributed by atoms with Crippen molar-refractivity contribution in [2.24, 2.45) is 5.92 Å². The Hall–Kier alpha value is -1.35. The third-order valence-corrected chi connectivity index (χ3v) is 5.35. The van der Waals surface area contributed by atoms with Gasteiger partial charge in [0.2, 0.25) is 0 Å². The molecule has 0 aromatic heterocycles. The lowest BCUT2D eigenvalue weighted by molar-refractivity contribution is -0.166. The van der Waals surface area contributed by atoms with Crippen molar-refractivity contribution < 1.29 is 14.6 Å². The fourth-order valence-corrected chi connectivity index (χ4v) is 3.39. The van der Waals surface area contributed by atoms with Crippen molar-refractivity contribution in [3.63, 3.8) is 0 Å². The Labute approximate surface area is 140 Å². The molecule has 0 saturated heterocycles. The van der Waals surface area contributed by atoms with Crippen LogP contribution in [0.2, 0.25) is 0 Å². The molecule has 0 aromatic carbocycles. The van der Waals surface area contributed by atoms with Crippen LogP contribution in [0.25, 0.3) is 0 Å². The predicted molar refractivity (Wildman–Crippen MR) is 93.0 cm³/mol. The van der Waals surface area contributed by atoms with Crippen LogP contribution in [0, 0.1) is 5.92 Å². The number of hydrogen-bond acceptors (Lipinski definition) is 3. The van der Waals surface area contributed by atoms with Crippen LogP contribution in [0.4, 0.5) is 0 Å². The van der Waals surface area contributed by atoms with E-state index in [1.165, 1.54) is 5.57 Å². The quantitative estimate of drug-likeness (QED) is 0.573. The standard InChI is InChI=1S/C20H30O3/c1-14(2)16-9-7-15(3)8-12-18(21)20(4)13-5-6-17(11-10-16)19(22)23-20/h6-7,16,18,21H,1,5,8-13H2,2-4H3/b15-7-/t16?,18-,20-/m0/s1. The van der Waals surface area contributed by atoms with Gasteiger partial charge in [-0.1, -0.05) is 29.9 Å². The van der Waals surface area contributed by atoms with Crippen LogP contribution in [0.3, 0.4) is 0 Å². The average molecular weight is 318 g/mol. The van der Waals surface area contributed by atoms with Crippen LogP contribution in [0.5, 0.6) is 0 Å². The second kappa shape index (κ2) is 7.48. The Balaban J connectivity index is 2.27. The van der Waals surface area contributed by atoms with E-state index in [0.717, 1.165) is 43.3 Å². The minimum atomic E-state index is -0.780. The van der Waals surface area contributed by atoms with E-state index in [2.05, 4.69) is 26.5 Å². The molecule has 2 aliphatic heterocycles. The van der Waals surface area contributed by atoms with E-state index in [4.69, 9.17) is 4.74 Å². The summed E-state index contributed by atoms with van der Waals surface area (Å²) in [5.41, 5.74) is 2.43. The van der Waals surface area contributed by atoms with Gasteiger partial charge in [-0.15, -0.1) is 0 Å². The van der Waals surface area contributed by atoms with Crippen LogP contribution in [-0.4, -0.2) is 22.8 Å². The second-order valence-corrected chi connectivity index (χ2v) is 7.39. The fourth-order valence-electron chi connectivity index (χ4n) is 3.39. The molecule has 0 spiro atoms. The Bertz CT molecular complexity index is 529. The van der Waals surface area contributed by atoms with Crippen LogP contribution in [0.1, 0.15) is 65.7 Å². The number of rotatable bonds is 1. The summed E-state index contributed by atoms with van der Waals surface area (Å²) in [5.74, 6) is 0.132. The van der Waals surface area contributed by atoms with Gasteiger partial charge >= 0.3 is 5.97 Å². The Morgan fingerprint density at radius 3 is 2.78 bits per heavy atom. The van der Waals surface area contributed by atoms with E-state index in [0.29, 0.717) is 18.8 Å². The molecule has 0 aromatic rings. The molecule has 1 unspecified atom stereocenters. The number of carbonyl (C=O) groups is 1. The Morgan fingerprint density at radius 2 is 2.09 bits per heavy atom. The zero-order valence-corrected chi connectivity index (χ0v) is 14.7. The van der Waals surface area contributed by atoms with Crippen molar-refractivity contribution in [3.05, 3.63) is 35.5 Å². The highest BCUT2D eigenvalue weighted by Crippen LogP contribution is 2.33. The molecule has 2 rings (SSSR count).